The molecule has 0 fully saturated rings. The summed E-state index contributed by atoms with van der Waals surface area (Å²) in [6.45, 7) is 0.502. The van der Waals surface area contributed by atoms with Gasteiger partial charge in [-0.3, -0.25) is 4.79 Å². The molecule has 1 aromatic heterocycles. The van der Waals surface area contributed by atoms with Gasteiger partial charge in [0.25, 0.3) is 5.56 Å². The molecule has 88 valence electrons. The van der Waals surface area contributed by atoms with Gasteiger partial charge < -0.3 is 9.30 Å². The molecule has 0 aliphatic carbocycles. The van der Waals surface area contributed by atoms with Crippen LogP contribution in [0.3, 0.4) is 0 Å². The highest BCUT2D eigenvalue weighted by molar-refractivity contribution is 9.10. The van der Waals surface area contributed by atoms with E-state index in [4.69, 9.17) is 4.74 Å². The minimum absolute atomic E-state index is 0.0286. The summed E-state index contributed by atoms with van der Waals surface area (Å²) in [5.41, 5.74) is 0.953. The summed E-state index contributed by atoms with van der Waals surface area (Å²) in [6, 6.07) is 11.0. The van der Waals surface area contributed by atoms with Gasteiger partial charge in [0.2, 0.25) is 0 Å². The van der Waals surface area contributed by atoms with Crippen molar-refractivity contribution in [1.82, 2.24) is 4.57 Å². The van der Waals surface area contributed by atoms with Gasteiger partial charge in [-0.1, -0.05) is 18.2 Å². The highest BCUT2D eigenvalue weighted by atomic mass is 79.9. The van der Waals surface area contributed by atoms with Gasteiger partial charge >= 0.3 is 0 Å². The standard InChI is InChI=1S/C13H12BrNO2/c1-17-12-5-3-2-4-10(12)8-15-9-11(14)6-7-13(15)16/h2-7,9H,8H2,1H3. The number of aromatic nitrogens is 1. The third kappa shape index (κ3) is 2.77. The number of hydrogen-bond donors (Lipinski definition) is 0. The second-order valence-electron chi connectivity index (χ2n) is 3.63. The van der Waals surface area contributed by atoms with Gasteiger partial charge in [0.05, 0.1) is 13.7 Å². The van der Waals surface area contributed by atoms with Crippen molar-refractivity contribution < 1.29 is 4.74 Å². The molecule has 0 spiro atoms. The van der Waals surface area contributed by atoms with Crippen molar-refractivity contribution in [2.24, 2.45) is 0 Å². The van der Waals surface area contributed by atoms with Crippen LogP contribution in [-0.4, -0.2) is 11.7 Å². The van der Waals surface area contributed by atoms with Crippen LogP contribution in [0.15, 0.2) is 51.9 Å². The van der Waals surface area contributed by atoms with Crippen molar-refractivity contribution in [3.63, 3.8) is 0 Å². The largest absolute Gasteiger partial charge is 0.496 e. The highest BCUT2D eigenvalue weighted by Gasteiger charge is 2.04. The molecule has 2 rings (SSSR count). The number of benzene rings is 1. The molecule has 17 heavy (non-hydrogen) atoms. The molecule has 0 bridgehead atoms. The molecule has 0 atom stereocenters. The Morgan fingerprint density at radius 1 is 1.24 bits per heavy atom. The fourth-order valence-corrected chi connectivity index (χ4v) is 2.02. The minimum Gasteiger partial charge on any atom is -0.496 e. The zero-order chi connectivity index (χ0) is 12.3. The van der Waals surface area contributed by atoms with Crippen molar-refractivity contribution >= 4 is 15.9 Å². The topological polar surface area (TPSA) is 31.2 Å². The van der Waals surface area contributed by atoms with E-state index in [0.717, 1.165) is 15.8 Å². The molecule has 0 N–H and O–H groups in total. The second kappa shape index (κ2) is 5.19. The Morgan fingerprint density at radius 2 is 2.00 bits per heavy atom. The average Bonchev–Trinajstić information content (AvgIpc) is 2.34. The molecule has 4 heteroatoms. The summed E-state index contributed by atoms with van der Waals surface area (Å²) < 4.78 is 7.78. The zero-order valence-electron chi connectivity index (χ0n) is 9.39. The van der Waals surface area contributed by atoms with Crippen molar-refractivity contribution in [2.75, 3.05) is 7.11 Å². The van der Waals surface area contributed by atoms with Crippen LogP contribution in [0.25, 0.3) is 0 Å². The summed E-state index contributed by atoms with van der Waals surface area (Å²) in [4.78, 5) is 11.7. The lowest BCUT2D eigenvalue weighted by Gasteiger charge is -2.10. The Morgan fingerprint density at radius 3 is 2.76 bits per heavy atom. The van der Waals surface area contributed by atoms with Crippen LogP contribution in [-0.2, 0) is 6.54 Å². The fourth-order valence-electron chi connectivity index (χ4n) is 1.64. The van der Waals surface area contributed by atoms with Gasteiger partial charge in [0.1, 0.15) is 5.75 Å². The van der Waals surface area contributed by atoms with Crippen LogP contribution in [0, 0.1) is 0 Å². The van der Waals surface area contributed by atoms with Crippen molar-refractivity contribution in [1.29, 1.82) is 0 Å². The van der Waals surface area contributed by atoms with Gasteiger partial charge in [-0.05, 0) is 28.1 Å². The normalized spacial score (nSPS) is 10.2. The number of hydrogen-bond acceptors (Lipinski definition) is 2. The van der Waals surface area contributed by atoms with E-state index in [9.17, 15) is 4.79 Å². The molecule has 0 saturated carbocycles. The monoisotopic (exact) mass is 293 g/mol. The van der Waals surface area contributed by atoms with E-state index < -0.39 is 0 Å². The molecule has 0 unspecified atom stereocenters. The number of methoxy groups -OCH3 is 1. The number of halogens is 1. The molecule has 1 heterocycles. The van der Waals surface area contributed by atoms with Crippen LogP contribution in [0.1, 0.15) is 5.56 Å². The Bertz CT molecular complexity index is 578. The third-order valence-electron chi connectivity index (χ3n) is 2.48. The van der Waals surface area contributed by atoms with Crippen LogP contribution >= 0.6 is 15.9 Å². The molecule has 0 radical (unpaired) electrons. The first-order valence-electron chi connectivity index (χ1n) is 5.18. The quantitative estimate of drug-likeness (QED) is 0.871. The summed E-state index contributed by atoms with van der Waals surface area (Å²) >= 11 is 3.35. The van der Waals surface area contributed by atoms with E-state index in [-0.39, 0.29) is 5.56 Å². The maximum Gasteiger partial charge on any atom is 0.250 e. The van der Waals surface area contributed by atoms with Gasteiger partial charge in [-0.2, -0.15) is 0 Å². The average molecular weight is 294 g/mol. The number of para-hydroxylation sites is 1. The van der Waals surface area contributed by atoms with E-state index in [0.29, 0.717) is 6.54 Å². The molecule has 0 saturated heterocycles. The lowest BCUT2D eigenvalue weighted by Crippen LogP contribution is -2.19. The number of pyridine rings is 1. The van der Waals surface area contributed by atoms with E-state index in [1.165, 1.54) is 0 Å². The maximum absolute atomic E-state index is 11.7. The molecular weight excluding hydrogens is 282 g/mol. The van der Waals surface area contributed by atoms with Gasteiger partial charge in [-0.15, -0.1) is 0 Å². The summed E-state index contributed by atoms with van der Waals surface area (Å²) in [7, 11) is 1.63. The SMILES string of the molecule is COc1ccccc1Cn1cc(Br)ccc1=O. The van der Waals surface area contributed by atoms with E-state index in [1.807, 2.05) is 24.3 Å². The van der Waals surface area contributed by atoms with Crippen LogP contribution < -0.4 is 10.3 Å². The van der Waals surface area contributed by atoms with E-state index in [1.54, 1.807) is 30.0 Å². The fraction of sp³-hybridized carbons (Fsp3) is 0.154. The Hall–Kier alpha value is -1.55. The smallest absolute Gasteiger partial charge is 0.250 e. The number of ether oxygens (including phenoxy) is 1. The van der Waals surface area contributed by atoms with Crippen LogP contribution in [0.2, 0.25) is 0 Å². The van der Waals surface area contributed by atoms with Crippen molar-refractivity contribution in [2.45, 2.75) is 6.54 Å². The van der Waals surface area contributed by atoms with Gasteiger partial charge in [-0.25, -0.2) is 0 Å². The first-order chi connectivity index (χ1) is 8.20. The zero-order valence-corrected chi connectivity index (χ0v) is 11.0. The first-order valence-corrected chi connectivity index (χ1v) is 5.98. The second-order valence-corrected chi connectivity index (χ2v) is 4.54. The van der Waals surface area contributed by atoms with Gasteiger partial charge in [0.15, 0.2) is 0 Å². The summed E-state index contributed by atoms with van der Waals surface area (Å²) in [5.74, 6) is 0.791. The Balaban J connectivity index is 2.37. The van der Waals surface area contributed by atoms with E-state index in [2.05, 4.69) is 15.9 Å². The minimum atomic E-state index is -0.0286. The van der Waals surface area contributed by atoms with Gasteiger partial charge in [0, 0.05) is 22.3 Å². The molecular formula is C13H12BrNO2. The van der Waals surface area contributed by atoms with Crippen LogP contribution in [0.4, 0.5) is 0 Å². The van der Waals surface area contributed by atoms with Crippen molar-refractivity contribution in [3.05, 3.63) is 63.0 Å². The van der Waals surface area contributed by atoms with E-state index >= 15 is 0 Å². The Labute approximate surface area is 108 Å². The maximum atomic E-state index is 11.7. The molecule has 0 amide bonds. The highest BCUT2D eigenvalue weighted by Crippen LogP contribution is 2.18. The summed E-state index contributed by atoms with van der Waals surface area (Å²) in [6.07, 6.45) is 1.77. The lowest BCUT2D eigenvalue weighted by molar-refractivity contribution is 0.408. The summed E-state index contributed by atoms with van der Waals surface area (Å²) in [5, 5.41) is 0. The predicted octanol–water partition coefficient (Wildman–Crippen LogP) is 2.67. The predicted molar refractivity (Wildman–Crippen MR) is 70.5 cm³/mol. The molecule has 2 aromatic rings. The van der Waals surface area contributed by atoms with Crippen molar-refractivity contribution in [3.8, 4) is 5.75 Å². The Kier molecular flexibility index (Phi) is 3.64. The molecule has 0 aliphatic rings. The molecule has 3 nitrogen and oxygen atoms in total. The molecule has 1 aromatic carbocycles. The molecule has 0 aliphatic heterocycles. The number of rotatable bonds is 3. The first kappa shape index (κ1) is 11.9. The van der Waals surface area contributed by atoms with Crippen LogP contribution in [0.5, 0.6) is 5.75 Å². The number of nitrogens with zero attached hydrogens (tertiary/aromatic N) is 1. The lowest BCUT2D eigenvalue weighted by atomic mass is 10.2. The third-order valence-corrected chi connectivity index (χ3v) is 2.95.